The summed E-state index contributed by atoms with van der Waals surface area (Å²) in [7, 11) is 0. The van der Waals surface area contributed by atoms with Crippen LogP contribution in [-0.4, -0.2) is 18.3 Å². The molecule has 0 aliphatic heterocycles. The Hall–Kier alpha value is -1.71. The predicted octanol–water partition coefficient (Wildman–Crippen LogP) is 4.24. The average Bonchev–Trinajstić information content (AvgIpc) is 2.49. The maximum Gasteiger partial charge on any atom is 0.125 e. The number of aliphatic hydroxyl groups is 1. The van der Waals surface area contributed by atoms with Gasteiger partial charge >= 0.3 is 0 Å². The Balaban J connectivity index is 1.78. The lowest BCUT2D eigenvalue weighted by molar-refractivity contribution is 0.188. The van der Waals surface area contributed by atoms with E-state index >= 15 is 0 Å². The Morgan fingerprint density at radius 2 is 1.76 bits per heavy atom. The van der Waals surface area contributed by atoms with Gasteiger partial charge in [0.1, 0.15) is 11.5 Å². The highest BCUT2D eigenvalue weighted by Gasteiger charge is 2.09. The number of halogens is 1. The topological polar surface area (TPSA) is 38.7 Å². The molecule has 0 amide bonds. The third-order valence-corrected chi connectivity index (χ3v) is 3.22. The summed E-state index contributed by atoms with van der Waals surface area (Å²) < 4.78 is 11.3. The quantitative estimate of drug-likeness (QED) is 0.778. The predicted molar refractivity (Wildman–Crippen MR) is 84.1 cm³/mol. The SMILES string of the molecule is C[C@@H](O)c1cc(Cl)ccc1OCCCOc1ccccc1. The van der Waals surface area contributed by atoms with Gasteiger partial charge in [-0.15, -0.1) is 0 Å². The van der Waals surface area contributed by atoms with Crippen LogP contribution >= 0.6 is 11.6 Å². The Morgan fingerprint density at radius 1 is 1.05 bits per heavy atom. The van der Waals surface area contributed by atoms with E-state index in [9.17, 15) is 5.11 Å². The smallest absolute Gasteiger partial charge is 0.125 e. The molecule has 0 spiro atoms. The molecule has 0 aliphatic carbocycles. The molecule has 21 heavy (non-hydrogen) atoms. The normalized spacial score (nSPS) is 12.0. The largest absolute Gasteiger partial charge is 0.493 e. The van der Waals surface area contributed by atoms with Crippen molar-refractivity contribution >= 4 is 11.6 Å². The molecule has 112 valence electrons. The zero-order chi connectivity index (χ0) is 15.1. The van der Waals surface area contributed by atoms with Gasteiger partial charge in [0.25, 0.3) is 0 Å². The number of ether oxygens (including phenoxy) is 2. The van der Waals surface area contributed by atoms with Crippen molar-refractivity contribution in [1.82, 2.24) is 0 Å². The van der Waals surface area contributed by atoms with Gasteiger partial charge in [0.2, 0.25) is 0 Å². The van der Waals surface area contributed by atoms with Crippen LogP contribution in [-0.2, 0) is 0 Å². The molecule has 0 saturated heterocycles. The summed E-state index contributed by atoms with van der Waals surface area (Å²) in [6, 6.07) is 14.9. The van der Waals surface area contributed by atoms with Crippen LogP contribution in [0.1, 0.15) is 25.0 Å². The number of hydrogen-bond acceptors (Lipinski definition) is 3. The Kier molecular flexibility index (Phi) is 5.90. The van der Waals surface area contributed by atoms with E-state index in [0.29, 0.717) is 29.5 Å². The van der Waals surface area contributed by atoms with Gasteiger partial charge in [0, 0.05) is 17.0 Å². The minimum Gasteiger partial charge on any atom is -0.493 e. The van der Waals surface area contributed by atoms with Gasteiger partial charge in [-0.2, -0.15) is 0 Å². The molecule has 0 aliphatic rings. The molecule has 0 heterocycles. The van der Waals surface area contributed by atoms with E-state index in [2.05, 4.69) is 0 Å². The molecule has 0 radical (unpaired) electrons. The van der Waals surface area contributed by atoms with E-state index < -0.39 is 6.10 Å². The van der Waals surface area contributed by atoms with Crippen LogP contribution < -0.4 is 9.47 Å². The lowest BCUT2D eigenvalue weighted by Gasteiger charge is -2.14. The van der Waals surface area contributed by atoms with E-state index in [1.807, 2.05) is 30.3 Å². The second-order valence-electron chi connectivity index (χ2n) is 4.72. The summed E-state index contributed by atoms with van der Waals surface area (Å²) in [6.07, 6.45) is 0.149. The summed E-state index contributed by atoms with van der Waals surface area (Å²) in [6.45, 7) is 2.80. The van der Waals surface area contributed by atoms with Crippen LogP contribution in [0.4, 0.5) is 0 Å². The first-order chi connectivity index (χ1) is 10.2. The molecule has 0 unspecified atom stereocenters. The third-order valence-electron chi connectivity index (χ3n) is 2.98. The molecular weight excluding hydrogens is 288 g/mol. The fourth-order valence-electron chi connectivity index (χ4n) is 1.93. The summed E-state index contributed by atoms with van der Waals surface area (Å²) >= 11 is 5.93. The molecule has 0 aromatic heterocycles. The van der Waals surface area contributed by atoms with Crippen LogP contribution in [0.5, 0.6) is 11.5 Å². The van der Waals surface area contributed by atoms with Gasteiger partial charge in [-0.1, -0.05) is 29.8 Å². The first-order valence-corrected chi connectivity index (χ1v) is 7.33. The Labute approximate surface area is 130 Å². The van der Waals surface area contributed by atoms with Crippen LogP contribution in [0.25, 0.3) is 0 Å². The van der Waals surface area contributed by atoms with Crippen molar-refractivity contribution in [2.45, 2.75) is 19.4 Å². The molecule has 2 aromatic rings. The van der Waals surface area contributed by atoms with Gasteiger partial charge in [0.05, 0.1) is 19.3 Å². The minimum absolute atomic E-state index is 0.522. The van der Waals surface area contributed by atoms with Crippen molar-refractivity contribution in [2.24, 2.45) is 0 Å². The number of hydrogen-bond donors (Lipinski definition) is 1. The van der Waals surface area contributed by atoms with Gasteiger partial charge in [-0.3, -0.25) is 0 Å². The van der Waals surface area contributed by atoms with Gasteiger partial charge < -0.3 is 14.6 Å². The molecular formula is C17H19ClO3. The molecule has 0 saturated carbocycles. The summed E-state index contributed by atoms with van der Waals surface area (Å²) in [5.41, 5.74) is 0.700. The van der Waals surface area contributed by atoms with Crippen molar-refractivity contribution in [3.63, 3.8) is 0 Å². The molecule has 2 aromatic carbocycles. The number of para-hydroxylation sites is 1. The van der Waals surface area contributed by atoms with Crippen molar-refractivity contribution in [3.8, 4) is 11.5 Å². The highest BCUT2D eigenvalue weighted by atomic mass is 35.5. The number of rotatable bonds is 7. The standard InChI is InChI=1S/C17H19ClO3/c1-13(19)16-12-14(18)8-9-17(16)21-11-5-10-20-15-6-3-2-4-7-15/h2-4,6-9,12-13,19H,5,10-11H2,1H3/t13-/m1/s1. The minimum atomic E-state index is -0.612. The van der Waals surface area contributed by atoms with Crippen LogP contribution in [0.3, 0.4) is 0 Å². The first-order valence-electron chi connectivity index (χ1n) is 6.95. The zero-order valence-electron chi connectivity index (χ0n) is 12.0. The average molecular weight is 307 g/mol. The fourth-order valence-corrected chi connectivity index (χ4v) is 2.11. The number of aliphatic hydroxyl groups excluding tert-OH is 1. The van der Waals surface area contributed by atoms with Crippen molar-refractivity contribution in [1.29, 1.82) is 0 Å². The molecule has 1 atom stereocenters. The van der Waals surface area contributed by atoms with E-state index in [1.165, 1.54) is 0 Å². The van der Waals surface area contributed by atoms with Gasteiger partial charge in [-0.25, -0.2) is 0 Å². The van der Waals surface area contributed by atoms with Crippen LogP contribution in [0.15, 0.2) is 48.5 Å². The number of benzene rings is 2. The summed E-state index contributed by atoms with van der Waals surface area (Å²) in [4.78, 5) is 0. The van der Waals surface area contributed by atoms with Crippen molar-refractivity contribution in [2.75, 3.05) is 13.2 Å². The van der Waals surface area contributed by atoms with E-state index in [0.717, 1.165) is 12.2 Å². The molecule has 3 nitrogen and oxygen atoms in total. The molecule has 1 N–H and O–H groups in total. The monoisotopic (exact) mass is 306 g/mol. The first kappa shape index (κ1) is 15.7. The molecule has 0 bridgehead atoms. The highest BCUT2D eigenvalue weighted by molar-refractivity contribution is 6.30. The second-order valence-corrected chi connectivity index (χ2v) is 5.16. The zero-order valence-corrected chi connectivity index (χ0v) is 12.7. The Morgan fingerprint density at radius 3 is 2.48 bits per heavy atom. The lowest BCUT2D eigenvalue weighted by Crippen LogP contribution is -2.07. The maximum atomic E-state index is 9.72. The van der Waals surface area contributed by atoms with E-state index in [1.54, 1.807) is 25.1 Å². The third kappa shape index (κ3) is 4.96. The molecule has 2 rings (SSSR count). The Bertz CT molecular complexity index is 555. The van der Waals surface area contributed by atoms with Gasteiger partial charge in [-0.05, 0) is 37.3 Å². The summed E-state index contributed by atoms with van der Waals surface area (Å²) in [5.74, 6) is 1.52. The van der Waals surface area contributed by atoms with Crippen molar-refractivity contribution in [3.05, 3.63) is 59.1 Å². The van der Waals surface area contributed by atoms with Gasteiger partial charge in [0.15, 0.2) is 0 Å². The second kappa shape index (κ2) is 7.91. The van der Waals surface area contributed by atoms with Crippen LogP contribution in [0, 0.1) is 0 Å². The van der Waals surface area contributed by atoms with E-state index in [-0.39, 0.29) is 0 Å². The van der Waals surface area contributed by atoms with E-state index in [4.69, 9.17) is 21.1 Å². The summed E-state index contributed by atoms with van der Waals surface area (Å²) in [5, 5.41) is 10.3. The fraction of sp³-hybridized carbons (Fsp3) is 0.294. The molecule has 4 heteroatoms. The lowest BCUT2D eigenvalue weighted by atomic mass is 10.1. The molecule has 0 fully saturated rings. The van der Waals surface area contributed by atoms with Crippen LogP contribution in [0.2, 0.25) is 5.02 Å². The van der Waals surface area contributed by atoms with Crippen molar-refractivity contribution < 1.29 is 14.6 Å². The highest BCUT2D eigenvalue weighted by Crippen LogP contribution is 2.28. The maximum absolute atomic E-state index is 9.72.